The van der Waals surface area contributed by atoms with Crippen molar-refractivity contribution in [2.75, 3.05) is 7.11 Å². The molecule has 0 radical (unpaired) electrons. The van der Waals surface area contributed by atoms with Crippen LogP contribution in [0.2, 0.25) is 0 Å². The van der Waals surface area contributed by atoms with E-state index < -0.39 is 0 Å². The molecule has 4 aromatic rings. The molecule has 0 saturated heterocycles. The molecule has 162 valence electrons. The van der Waals surface area contributed by atoms with Gasteiger partial charge in [0.2, 0.25) is 0 Å². The highest BCUT2D eigenvalue weighted by Gasteiger charge is 2.22. The van der Waals surface area contributed by atoms with Crippen LogP contribution in [-0.4, -0.2) is 22.8 Å². The topological polar surface area (TPSA) is 36.3 Å². The van der Waals surface area contributed by atoms with Crippen LogP contribution in [-0.2, 0) is 7.05 Å². The van der Waals surface area contributed by atoms with Crippen LogP contribution in [0.25, 0.3) is 33.9 Å². The monoisotopic (exact) mass is 424 g/mol. The van der Waals surface area contributed by atoms with Crippen molar-refractivity contribution in [1.82, 2.24) is 9.55 Å². The molecule has 0 bridgehead atoms. The molecular weight excluding hydrogens is 396 g/mol. The quantitative estimate of drug-likeness (QED) is 0.343. The SMILES string of the molecule is COc1ccc(-c2nc(-c3ccccc3)c(-c3ccccc3)n2C)cc1OC1CCCC1. The first-order valence-electron chi connectivity index (χ1n) is 11.3. The summed E-state index contributed by atoms with van der Waals surface area (Å²) in [6.07, 6.45) is 4.93. The minimum atomic E-state index is 0.264. The van der Waals surface area contributed by atoms with Crippen LogP contribution >= 0.6 is 0 Å². The molecule has 0 N–H and O–H groups in total. The maximum Gasteiger partial charge on any atom is 0.162 e. The van der Waals surface area contributed by atoms with E-state index in [0.29, 0.717) is 0 Å². The maximum absolute atomic E-state index is 6.34. The van der Waals surface area contributed by atoms with Crippen LogP contribution in [0, 0.1) is 0 Å². The Morgan fingerprint density at radius 2 is 1.44 bits per heavy atom. The van der Waals surface area contributed by atoms with Crippen LogP contribution in [0.1, 0.15) is 25.7 Å². The fraction of sp³-hybridized carbons (Fsp3) is 0.250. The number of methoxy groups -OCH3 is 1. The summed E-state index contributed by atoms with van der Waals surface area (Å²) in [6, 6.07) is 26.9. The van der Waals surface area contributed by atoms with E-state index in [9.17, 15) is 0 Å². The molecule has 1 fully saturated rings. The zero-order chi connectivity index (χ0) is 21.9. The molecule has 4 heteroatoms. The Hall–Kier alpha value is -3.53. The largest absolute Gasteiger partial charge is 0.493 e. The van der Waals surface area contributed by atoms with Gasteiger partial charge in [-0.25, -0.2) is 4.98 Å². The van der Waals surface area contributed by atoms with Crippen molar-refractivity contribution in [3.8, 4) is 45.4 Å². The van der Waals surface area contributed by atoms with Crippen molar-refractivity contribution in [3.63, 3.8) is 0 Å². The smallest absolute Gasteiger partial charge is 0.162 e. The van der Waals surface area contributed by atoms with Gasteiger partial charge in [0.05, 0.1) is 24.6 Å². The van der Waals surface area contributed by atoms with Crippen molar-refractivity contribution in [3.05, 3.63) is 78.9 Å². The molecule has 0 atom stereocenters. The number of rotatable bonds is 6. The van der Waals surface area contributed by atoms with Gasteiger partial charge in [-0.3, -0.25) is 0 Å². The normalized spacial score (nSPS) is 13.9. The van der Waals surface area contributed by atoms with E-state index >= 15 is 0 Å². The van der Waals surface area contributed by atoms with Gasteiger partial charge in [0.25, 0.3) is 0 Å². The minimum absolute atomic E-state index is 0.264. The number of imidazole rings is 1. The summed E-state index contributed by atoms with van der Waals surface area (Å²) in [4.78, 5) is 5.12. The number of hydrogen-bond acceptors (Lipinski definition) is 3. The predicted octanol–water partition coefficient (Wildman–Crippen LogP) is 6.75. The average molecular weight is 425 g/mol. The Morgan fingerprint density at radius 3 is 2.09 bits per heavy atom. The third-order valence-corrected chi connectivity index (χ3v) is 6.21. The molecule has 32 heavy (non-hydrogen) atoms. The highest BCUT2D eigenvalue weighted by atomic mass is 16.5. The Morgan fingerprint density at radius 1 is 0.781 bits per heavy atom. The second-order valence-corrected chi connectivity index (χ2v) is 8.31. The highest BCUT2D eigenvalue weighted by Crippen LogP contribution is 2.39. The van der Waals surface area contributed by atoms with Gasteiger partial charge in [0.1, 0.15) is 5.82 Å². The first kappa shape index (κ1) is 20.4. The molecule has 1 heterocycles. The summed E-state index contributed by atoms with van der Waals surface area (Å²) < 4.78 is 14.1. The molecule has 1 aliphatic rings. The zero-order valence-corrected chi connectivity index (χ0v) is 18.6. The van der Waals surface area contributed by atoms with Gasteiger partial charge in [-0.05, 0) is 43.9 Å². The van der Waals surface area contributed by atoms with Gasteiger partial charge in [-0.2, -0.15) is 0 Å². The molecular formula is C28H28N2O2. The van der Waals surface area contributed by atoms with Crippen LogP contribution in [0.15, 0.2) is 78.9 Å². The van der Waals surface area contributed by atoms with Crippen molar-refractivity contribution in [2.45, 2.75) is 31.8 Å². The predicted molar refractivity (Wildman–Crippen MR) is 129 cm³/mol. The second-order valence-electron chi connectivity index (χ2n) is 8.31. The van der Waals surface area contributed by atoms with Gasteiger partial charge >= 0.3 is 0 Å². The van der Waals surface area contributed by atoms with Crippen molar-refractivity contribution in [2.24, 2.45) is 7.05 Å². The molecule has 0 spiro atoms. The summed E-state index contributed by atoms with van der Waals surface area (Å²) >= 11 is 0. The summed E-state index contributed by atoms with van der Waals surface area (Å²) in [5.41, 5.74) is 5.33. The van der Waals surface area contributed by atoms with Gasteiger partial charge in [0.15, 0.2) is 11.5 Å². The minimum Gasteiger partial charge on any atom is -0.493 e. The zero-order valence-electron chi connectivity index (χ0n) is 18.6. The summed E-state index contributed by atoms with van der Waals surface area (Å²) in [5, 5.41) is 0. The molecule has 0 unspecified atom stereocenters. The first-order valence-corrected chi connectivity index (χ1v) is 11.3. The fourth-order valence-electron chi connectivity index (χ4n) is 4.57. The lowest BCUT2D eigenvalue weighted by Crippen LogP contribution is -2.11. The van der Waals surface area contributed by atoms with Crippen LogP contribution in [0.5, 0.6) is 11.5 Å². The molecule has 5 rings (SSSR count). The third-order valence-electron chi connectivity index (χ3n) is 6.21. The first-order chi connectivity index (χ1) is 15.7. The molecule has 0 aliphatic heterocycles. The van der Waals surface area contributed by atoms with Crippen LogP contribution in [0.3, 0.4) is 0 Å². The van der Waals surface area contributed by atoms with E-state index in [1.807, 2.05) is 18.2 Å². The van der Waals surface area contributed by atoms with Gasteiger partial charge in [0, 0.05) is 23.7 Å². The number of aromatic nitrogens is 2. The summed E-state index contributed by atoms with van der Waals surface area (Å²) in [6.45, 7) is 0. The van der Waals surface area contributed by atoms with Gasteiger partial charge in [-0.15, -0.1) is 0 Å². The van der Waals surface area contributed by atoms with Gasteiger partial charge < -0.3 is 14.0 Å². The van der Waals surface area contributed by atoms with Crippen LogP contribution < -0.4 is 9.47 Å². The lowest BCUT2D eigenvalue weighted by atomic mass is 10.1. The Kier molecular flexibility index (Phi) is 5.68. The van der Waals surface area contributed by atoms with Gasteiger partial charge in [-0.1, -0.05) is 60.7 Å². The molecule has 1 saturated carbocycles. The molecule has 3 aromatic carbocycles. The van der Waals surface area contributed by atoms with Crippen molar-refractivity contribution < 1.29 is 9.47 Å². The average Bonchev–Trinajstić information content (AvgIpc) is 3.48. The third kappa shape index (κ3) is 3.89. The lowest BCUT2D eigenvalue weighted by molar-refractivity contribution is 0.201. The molecule has 0 amide bonds. The number of ether oxygens (including phenoxy) is 2. The fourth-order valence-corrected chi connectivity index (χ4v) is 4.57. The van der Waals surface area contributed by atoms with Crippen LogP contribution in [0.4, 0.5) is 0 Å². The molecule has 1 aromatic heterocycles. The molecule has 4 nitrogen and oxygen atoms in total. The number of benzene rings is 3. The maximum atomic E-state index is 6.34. The Labute approximate surface area is 189 Å². The molecule has 1 aliphatic carbocycles. The lowest BCUT2D eigenvalue weighted by Gasteiger charge is -2.17. The Bertz CT molecular complexity index is 1190. The van der Waals surface area contributed by atoms with E-state index in [1.54, 1.807) is 7.11 Å². The standard InChI is InChI=1S/C28H28N2O2/c1-30-27(21-13-7-4-8-14-21)26(20-11-5-3-6-12-20)29-28(30)22-17-18-24(31-2)25(19-22)32-23-15-9-10-16-23/h3-8,11-14,17-19,23H,9-10,15-16H2,1-2H3. The summed E-state index contributed by atoms with van der Waals surface area (Å²) in [7, 11) is 3.77. The Balaban J connectivity index is 1.63. The highest BCUT2D eigenvalue weighted by molar-refractivity contribution is 5.82. The number of nitrogens with zero attached hydrogens (tertiary/aromatic N) is 2. The van der Waals surface area contributed by atoms with E-state index in [0.717, 1.165) is 58.2 Å². The number of hydrogen-bond donors (Lipinski definition) is 0. The van der Waals surface area contributed by atoms with Crippen molar-refractivity contribution in [1.29, 1.82) is 0 Å². The van der Waals surface area contributed by atoms with Crippen molar-refractivity contribution >= 4 is 0 Å². The van der Waals surface area contributed by atoms with E-state index in [1.165, 1.54) is 12.8 Å². The van der Waals surface area contributed by atoms with E-state index in [4.69, 9.17) is 14.5 Å². The van der Waals surface area contributed by atoms with E-state index in [2.05, 4.69) is 72.3 Å². The summed E-state index contributed by atoms with van der Waals surface area (Å²) in [5.74, 6) is 2.46. The second kappa shape index (κ2) is 8.91. The van der Waals surface area contributed by atoms with E-state index in [-0.39, 0.29) is 6.10 Å².